The Morgan fingerprint density at radius 1 is 1.06 bits per heavy atom. The van der Waals surface area contributed by atoms with Gasteiger partial charge in [-0.25, -0.2) is 9.78 Å². The van der Waals surface area contributed by atoms with E-state index in [1.165, 1.54) is 18.2 Å². The highest BCUT2D eigenvalue weighted by Crippen LogP contribution is 2.33. The molecule has 33 heavy (non-hydrogen) atoms. The van der Waals surface area contributed by atoms with Crippen molar-refractivity contribution in [3.05, 3.63) is 100.0 Å². The second-order valence-electron chi connectivity index (χ2n) is 7.44. The smallest absolute Gasteiger partial charge is 0.417 e. The number of alkyl halides is 3. The molecule has 2 aromatic heterocycles. The molecule has 0 saturated heterocycles. The standard InChI is InChI=1S/C24H18F3N3O3/c1-14(28-19-10-6-5-9-17(19)23(32)33)18-11-16(24(25,26)27)13-30-21(31)12-20(29-22(18)30)15-7-3-2-4-8-15/h2-14,28H,1H3,(H,32,33)/t14-/m1/s1. The molecule has 0 radical (unpaired) electrons. The fraction of sp³-hybridized carbons (Fsp3) is 0.125. The van der Waals surface area contributed by atoms with E-state index in [1.807, 2.05) is 0 Å². The molecule has 9 heteroatoms. The molecule has 6 nitrogen and oxygen atoms in total. The van der Waals surface area contributed by atoms with Crippen LogP contribution in [0.4, 0.5) is 18.9 Å². The molecule has 4 rings (SSSR count). The second kappa shape index (κ2) is 8.42. The maximum Gasteiger partial charge on any atom is 0.417 e. The summed E-state index contributed by atoms with van der Waals surface area (Å²) in [4.78, 5) is 28.8. The molecule has 2 aromatic carbocycles. The van der Waals surface area contributed by atoms with Crippen molar-refractivity contribution in [2.24, 2.45) is 0 Å². The molecule has 0 saturated carbocycles. The molecule has 0 bridgehead atoms. The minimum absolute atomic E-state index is 0.0317. The van der Waals surface area contributed by atoms with Gasteiger partial charge in [-0.05, 0) is 25.1 Å². The maximum absolute atomic E-state index is 13.6. The number of aromatic carboxylic acids is 1. The second-order valence-corrected chi connectivity index (χ2v) is 7.44. The number of halogens is 3. The first kappa shape index (κ1) is 22.1. The third-order valence-electron chi connectivity index (χ3n) is 5.18. The summed E-state index contributed by atoms with van der Waals surface area (Å²) >= 11 is 0. The van der Waals surface area contributed by atoms with Crippen molar-refractivity contribution < 1.29 is 23.1 Å². The highest BCUT2D eigenvalue weighted by atomic mass is 19.4. The monoisotopic (exact) mass is 453 g/mol. The van der Waals surface area contributed by atoms with E-state index < -0.39 is 29.3 Å². The first-order valence-corrected chi connectivity index (χ1v) is 9.94. The number of fused-ring (bicyclic) bond motifs is 1. The molecule has 0 amide bonds. The van der Waals surface area contributed by atoms with Crippen LogP contribution in [0, 0.1) is 0 Å². The van der Waals surface area contributed by atoms with Gasteiger partial charge in [-0.2, -0.15) is 13.2 Å². The average molecular weight is 453 g/mol. The van der Waals surface area contributed by atoms with Gasteiger partial charge in [-0.1, -0.05) is 42.5 Å². The molecule has 2 heterocycles. The summed E-state index contributed by atoms with van der Waals surface area (Å²) in [5.74, 6) is -1.18. The molecule has 168 valence electrons. The van der Waals surface area contributed by atoms with E-state index in [0.29, 0.717) is 11.3 Å². The van der Waals surface area contributed by atoms with Gasteiger partial charge in [-0.3, -0.25) is 9.20 Å². The molecule has 0 spiro atoms. The Bertz CT molecular complexity index is 1400. The Morgan fingerprint density at radius 2 is 1.73 bits per heavy atom. The number of nitrogens with zero attached hydrogens (tertiary/aromatic N) is 2. The van der Waals surface area contributed by atoms with Crippen LogP contribution in [0.2, 0.25) is 0 Å². The van der Waals surface area contributed by atoms with Gasteiger partial charge < -0.3 is 10.4 Å². The van der Waals surface area contributed by atoms with E-state index in [9.17, 15) is 27.9 Å². The van der Waals surface area contributed by atoms with E-state index in [2.05, 4.69) is 10.3 Å². The minimum Gasteiger partial charge on any atom is -0.478 e. The third-order valence-corrected chi connectivity index (χ3v) is 5.18. The number of aromatic nitrogens is 2. The third kappa shape index (κ3) is 4.43. The zero-order chi connectivity index (χ0) is 23.8. The van der Waals surface area contributed by atoms with Crippen molar-refractivity contribution in [2.45, 2.75) is 19.1 Å². The van der Waals surface area contributed by atoms with E-state index in [1.54, 1.807) is 49.4 Å². The van der Waals surface area contributed by atoms with Crippen molar-refractivity contribution in [1.29, 1.82) is 0 Å². The topological polar surface area (TPSA) is 83.7 Å². The van der Waals surface area contributed by atoms with Crippen LogP contribution in [-0.2, 0) is 6.18 Å². The summed E-state index contributed by atoms with van der Waals surface area (Å²) in [7, 11) is 0. The number of benzene rings is 2. The van der Waals surface area contributed by atoms with E-state index in [-0.39, 0.29) is 22.5 Å². The molecule has 0 aliphatic heterocycles. The van der Waals surface area contributed by atoms with Crippen molar-refractivity contribution in [1.82, 2.24) is 9.38 Å². The molecule has 0 aliphatic carbocycles. The zero-order valence-corrected chi connectivity index (χ0v) is 17.3. The molecule has 2 N–H and O–H groups in total. The number of carboxylic acids is 1. The van der Waals surface area contributed by atoms with E-state index >= 15 is 0 Å². The lowest BCUT2D eigenvalue weighted by molar-refractivity contribution is -0.137. The van der Waals surface area contributed by atoms with Crippen LogP contribution >= 0.6 is 0 Å². The maximum atomic E-state index is 13.6. The highest BCUT2D eigenvalue weighted by molar-refractivity contribution is 5.94. The fourth-order valence-electron chi connectivity index (χ4n) is 3.56. The lowest BCUT2D eigenvalue weighted by atomic mass is 10.0. The molecule has 4 aromatic rings. The van der Waals surface area contributed by atoms with Crippen LogP contribution in [-0.4, -0.2) is 20.5 Å². The predicted octanol–water partition coefficient (Wildman–Crippen LogP) is 5.25. The van der Waals surface area contributed by atoms with Crippen molar-refractivity contribution >= 4 is 17.3 Å². The lowest BCUT2D eigenvalue weighted by Gasteiger charge is -2.21. The molecule has 0 aliphatic rings. The first-order chi connectivity index (χ1) is 15.6. The summed E-state index contributed by atoms with van der Waals surface area (Å²) in [6, 6.07) is 16.2. The number of hydrogen-bond donors (Lipinski definition) is 2. The lowest BCUT2D eigenvalue weighted by Crippen LogP contribution is -2.21. The Labute approximate surface area is 186 Å². The van der Waals surface area contributed by atoms with Crippen LogP contribution < -0.4 is 10.9 Å². The number of anilines is 1. The quantitative estimate of drug-likeness (QED) is 0.431. The summed E-state index contributed by atoms with van der Waals surface area (Å²) in [5, 5.41) is 12.4. The number of carboxylic acid groups (broad SMARTS) is 1. The van der Waals surface area contributed by atoms with Crippen LogP contribution in [0.15, 0.2) is 77.7 Å². The number of carbonyl (C=O) groups is 1. The zero-order valence-electron chi connectivity index (χ0n) is 17.3. The minimum atomic E-state index is -4.70. The summed E-state index contributed by atoms with van der Waals surface area (Å²) in [6.07, 6.45) is -3.97. The van der Waals surface area contributed by atoms with Crippen LogP contribution in [0.3, 0.4) is 0 Å². The van der Waals surface area contributed by atoms with Crippen molar-refractivity contribution in [2.75, 3.05) is 5.32 Å². The summed E-state index contributed by atoms with van der Waals surface area (Å²) < 4.78 is 41.7. The Balaban J connectivity index is 1.92. The molecular formula is C24H18F3N3O3. The van der Waals surface area contributed by atoms with Crippen molar-refractivity contribution in [3.8, 4) is 11.3 Å². The summed E-state index contributed by atoms with van der Waals surface area (Å²) in [6.45, 7) is 1.58. The molecule has 1 atom stereocenters. The predicted molar refractivity (Wildman–Crippen MR) is 117 cm³/mol. The first-order valence-electron chi connectivity index (χ1n) is 9.94. The largest absolute Gasteiger partial charge is 0.478 e. The Kier molecular flexibility index (Phi) is 5.63. The number of para-hydroxylation sites is 1. The fourth-order valence-corrected chi connectivity index (χ4v) is 3.56. The van der Waals surface area contributed by atoms with Crippen LogP contribution in [0.25, 0.3) is 16.9 Å². The SMILES string of the molecule is C[C@@H](Nc1ccccc1C(=O)O)c1cc(C(F)(F)F)cn2c(=O)cc(-c3ccccc3)nc12. The average Bonchev–Trinajstić information content (AvgIpc) is 2.78. The Morgan fingerprint density at radius 3 is 2.39 bits per heavy atom. The van der Waals surface area contributed by atoms with Gasteiger partial charge in [0, 0.05) is 29.1 Å². The van der Waals surface area contributed by atoms with E-state index in [0.717, 1.165) is 16.7 Å². The van der Waals surface area contributed by atoms with Crippen LogP contribution in [0.5, 0.6) is 0 Å². The number of hydrogen-bond acceptors (Lipinski definition) is 4. The van der Waals surface area contributed by atoms with E-state index in [4.69, 9.17) is 0 Å². The van der Waals surface area contributed by atoms with Gasteiger partial charge in [0.15, 0.2) is 0 Å². The Hall–Kier alpha value is -4.14. The molecule has 0 fully saturated rings. The number of pyridine rings is 1. The van der Waals surface area contributed by atoms with Crippen LogP contribution in [0.1, 0.15) is 34.5 Å². The normalized spacial score (nSPS) is 12.5. The van der Waals surface area contributed by atoms with Gasteiger partial charge in [0.1, 0.15) is 5.65 Å². The molecular weight excluding hydrogens is 435 g/mol. The van der Waals surface area contributed by atoms with Gasteiger partial charge in [0.2, 0.25) is 0 Å². The van der Waals surface area contributed by atoms with Gasteiger partial charge in [0.05, 0.1) is 22.9 Å². The summed E-state index contributed by atoms with van der Waals surface area (Å²) in [5.41, 5.74) is -0.377. The van der Waals surface area contributed by atoms with Gasteiger partial charge in [0.25, 0.3) is 5.56 Å². The number of rotatable bonds is 5. The highest BCUT2D eigenvalue weighted by Gasteiger charge is 2.33. The van der Waals surface area contributed by atoms with Gasteiger partial charge >= 0.3 is 12.1 Å². The number of nitrogens with one attached hydrogen (secondary N) is 1. The molecule has 0 unspecified atom stereocenters. The van der Waals surface area contributed by atoms with Crippen molar-refractivity contribution in [3.63, 3.8) is 0 Å². The van der Waals surface area contributed by atoms with Gasteiger partial charge in [-0.15, -0.1) is 0 Å².